The monoisotopic (exact) mass is 428 g/mol. The molecule has 0 radical (unpaired) electrons. The molecule has 8 nitrogen and oxygen atoms in total. The molecular formula is C24H24N6O2. The van der Waals surface area contributed by atoms with E-state index in [4.69, 9.17) is 4.74 Å². The molecule has 162 valence electrons. The summed E-state index contributed by atoms with van der Waals surface area (Å²) in [6.45, 7) is 5.93. The average Bonchev–Trinajstić information content (AvgIpc) is 3.25. The smallest absolute Gasteiger partial charge is 0.259 e. The first-order chi connectivity index (χ1) is 15.7. The third-order valence-corrected chi connectivity index (χ3v) is 5.48. The summed E-state index contributed by atoms with van der Waals surface area (Å²) in [6, 6.07) is 15.1. The second-order valence-corrected chi connectivity index (χ2v) is 7.83. The minimum absolute atomic E-state index is 0.244. The van der Waals surface area contributed by atoms with Gasteiger partial charge in [0, 0.05) is 37.1 Å². The van der Waals surface area contributed by atoms with Crippen LogP contribution in [0.1, 0.15) is 21.7 Å². The Hall–Kier alpha value is -3.62. The van der Waals surface area contributed by atoms with Gasteiger partial charge in [-0.2, -0.15) is 0 Å². The molecule has 1 aliphatic heterocycles. The first-order valence-electron chi connectivity index (χ1n) is 10.6. The van der Waals surface area contributed by atoms with Gasteiger partial charge in [-0.05, 0) is 43.3 Å². The van der Waals surface area contributed by atoms with E-state index in [1.807, 2.05) is 43.3 Å². The van der Waals surface area contributed by atoms with Crippen LogP contribution in [-0.4, -0.2) is 57.0 Å². The Bertz CT molecular complexity index is 1250. The minimum atomic E-state index is -0.244. The van der Waals surface area contributed by atoms with Gasteiger partial charge in [-0.1, -0.05) is 12.1 Å². The summed E-state index contributed by atoms with van der Waals surface area (Å²) in [6.07, 6.45) is 1.77. The van der Waals surface area contributed by atoms with E-state index in [2.05, 4.69) is 30.2 Å². The third-order valence-electron chi connectivity index (χ3n) is 5.48. The van der Waals surface area contributed by atoms with Crippen molar-refractivity contribution in [1.82, 2.24) is 24.8 Å². The SMILES string of the molecule is Cc1ccc(-c2nc3c(C(=O)Nc4cccc(CN5CCOCC5)n4)cccc3[nH]2)cn1. The highest BCUT2D eigenvalue weighted by atomic mass is 16.5. The van der Waals surface area contributed by atoms with E-state index in [0.29, 0.717) is 22.7 Å². The number of hydrogen-bond acceptors (Lipinski definition) is 6. The van der Waals surface area contributed by atoms with Crippen LogP contribution in [0.3, 0.4) is 0 Å². The fourth-order valence-corrected chi connectivity index (χ4v) is 3.77. The van der Waals surface area contributed by atoms with Crippen molar-refractivity contribution in [2.45, 2.75) is 13.5 Å². The lowest BCUT2D eigenvalue weighted by Gasteiger charge is -2.26. The molecule has 0 aliphatic carbocycles. The molecule has 8 heteroatoms. The predicted octanol–water partition coefficient (Wildman–Crippen LogP) is 3.41. The maximum Gasteiger partial charge on any atom is 0.259 e. The molecule has 0 unspecified atom stereocenters. The molecule has 0 saturated carbocycles. The van der Waals surface area contributed by atoms with Crippen LogP contribution in [0, 0.1) is 6.92 Å². The molecule has 4 aromatic rings. The Morgan fingerprint density at radius 2 is 1.94 bits per heavy atom. The molecule has 4 heterocycles. The van der Waals surface area contributed by atoms with Crippen LogP contribution in [0.4, 0.5) is 5.82 Å². The van der Waals surface area contributed by atoms with Crippen molar-refractivity contribution in [2.24, 2.45) is 0 Å². The van der Waals surface area contributed by atoms with Crippen LogP contribution in [0.25, 0.3) is 22.4 Å². The number of hydrogen-bond donors (Lipinski definition) is 2. The predicted molar refractivity (Wildman–Crippen MR) is 122 cm³/mol. The first kappa shape index (κ1) is 20.3. The minimum Gasteiger partial charge on any atom is -0.379 e. The lowest BCUT2D eigenvalue weighted by molar-refractivity contribution is 0.0337. The number of carbonyl (C=O) groups is 1. The Labute approximate surface area is 185 Å². The summed E-state index contributed by atoms with van der Waals surface area (Å²) < 4.78 is 5.40. The van der Waals surface area contributed by atoms with Gasteiger partial charge in [0.1, 0.15) is 17.2 Å². The maximum atomic E-state index is 13.1. The van der Waals surface area contributed by atoms with E-state index in [0.717, 1.165) is 55.3 Å². The van der Waals surface area contributed by atoms with Crippen LogP contribution in [0.5, 0.6) is 0 Å². The van der Waals surface area contributed by atoms with Crippen molar-refractivity contribution in [3.63, 3.8) is 0 Å². The summed E-state index contributed by atoms with van der Waals surface area (Å²) in [5.74, 6) is 0.960. The van der Waals surface area contributed by atoms with E-state index in [-0.39, 0.29) is 5.91 Å². The van der Waals surface area contributed by atoms with Crippen molar-refractivity contribution >= 4 is 22.8 Å². The molecule has 1 fully saturated rings. The number of amides is 1. The lowest BCUT2D eigenvalue weighted by atomic mass is 10.1. The second-order valence-electron chi connectivity index (χ2n) is 7.83. The molecule has 1 aliphatic rings. The molecule has 1 saturated heterocycles. The van der Waals surface area contributed by atoms with Crippen molar-refractivity contribution < 1.29 is 9.53 Å². The van der Waals surface area contributed by atoms with Crippen molar-refractivity contribution in [3.05, 3.63) is 71.7 Å². The normalized spacial score (nSPS) is 14.5. The van der Waals surface area contributed by atoms with Gasteiger partial charge >= 0.3 is 0 Å². The molecule has 3 aromatic heterocycles. The molecule has 0 bridgehead atoms. The molecule has 2 N–H and O–H groups in total. The number of H-pyrrole nitrogens is 1. The fraction of sp³-hybridized carbons (Fsp3) is 0.250. The fourth-order valence-electron chi connectivity index (χ4n) is 3.77. The Morgan fingerprint density at radius 3 is 2.75 bits per heavy atom. The van der Waals surface area contributed by atoms with Gasteiger partial charge in [0.15, 0.2) is 0 Å². The van der Waals surface area contributed by atoms with Crippen LogP contribution in [-0.2, 0) is 11.3 Å². The zero-order valence-electron chi connectivity index (χ0n) is 17.8. The molecular weight excluding hydrogens is 404 g/mol. The number of para-hydroxylation sites is 1. The molecule has 1 amide bonds. The Morgan fingerprint density at radius 1 is 1.09 bits per heavy atom. The molecule has 1 aromatic carbocycles. The summed E-state index contributed by atoms with van der Waals surface area (Å²) >= 11 is 0. The highest BCUT2D eigenvalue weighted by Crippen LogP contribution is 2.23. The van der Waals surface area contributed by atoms with Crippen molar-refractivity contribution in [2.75, 3.05) is 31.6 Å². The summed E-state index contributed by atoms with van der Waals surface area (Å²) in [4.78, 5) is 32.3. The molecule has 5 rings (SSSR count). The van der Waals surface area contributed by atoms with Crippen LogP contribution >= 0.6 is 0 Å². The van der Waals surface area contributed by atoms with E-state index in [9.17, 15) is 4.79 Å². The molecule has 32 heavy (non-hydrogen) atoms. The number of aromatic amines is 1. The second kappa shape index (κ2) is 8.86. The van der Waals surface area contributed by atoms with Crippen LogP contribution in [0.2, 0.25) is 0 Å². The summed E-state index contributed by atoms with van der Waals surface area (Å²) in [5.41, 5.74) is 4.62. The lowest BCUT2D eigenvalue weighted by Crippen LogP contribution is -2.35. The van der Waals surface area contributed by atoms with E-state index in [1.54, 1.807) is 18.3 Å². The maximum absolute atomic E-state index is 13.1. The number of morpholine rings is 1. The van der Waals surface area contributed by atoms with Gasteiger partial charge < -0.3 is 15.0 Å². The van der Waals surface area contributed by atoms with Gasteiger partial charge in [0.25, 0.3) is 5.91 Å². The number of pyridine rings is 2. The number of aromatic nitrogens is 4. The number of nitrogens with zero attached hydrogens (tertiary/aromatic N) is 4. The van der Waals surface area contributed by atoms with Crippen molar-refractivity contribution in [3.8, 4) is 11.4 Å². The zero-order chi connectivity index (χ0) is 21.9. The number of fused-ring (bicyclic) bond motifs is 1. The average molecular weight is 428 g/mol. The number of rotatable bonds is 5. The standard InChI is InChI=1S/C24H24N6O2/c1-16-8-9-17(14-25-16)23-27-20-6-3-5-19(22(20)29-23)24(31)28-21-7-2-4-18(26-21)15-30-10-12-32-13-11-30/h2-9,14H,10-13,15H2,1H3,(H,27,29)(H,26,28,31). The van der Waals surface area contributed by atoms with E-state index in [1.165, 1.54) is 0 Å². The first-order valence-corrected chi connectivity index (χ1v) is 10.6. The molecule has 0 atom stereocenters. The number of anilines is 1. The molecule has 0 spiro atoms. The third kappa shape index (κ3) is 4.37. The number of ether oxygens (including phenoxy) is 1. The van der Waals surface area contributed by atoms with Crippen LogP contribution < -0.4 is 5.32 Å². The largest absolute Gasteiger partial charge is 0.379 e. The Kier molecular flexibility index (Phi) is 5.62. The highest BCUT2D eigenvalue weighted by Gasteiger charge is 2.16. The van der Waals surface area contributed by atoms with Gasteiger partial charge in [-0.3, -0.25) is 14.7 Å². The number of imidazole rings is 1. The summed E-state index contributed by atoms with van der Waals surface area (Å²) in [5, 5.41) is 2.93. The van der Waals surface area contributed by atoms with Gasteiger partial charge in [-0.15, -0.1) is 0 Å². The topological polar surface area (TPSA) is 96.0 Å². The Balaban J connectivity index is 1.37. The van der Waals surface area contributed by atoms with E-state index < -0.39 is 0 Å². The quantitative estimate of drug-likeness (QED) is 0.506. The van der Waals surface area contributed by atoms with E-state index >= 15 is 0 Å². The highest BCUT2D eigenvalue weighted by molar-refractivity contribution is 6.11. The van der Waals surface area contributed by atoms with Crippen molar-refractivity contribution in [1.29, 1.82) is 0 Å². The number of aryl methyl sites for hydroxylation is 1. The van der Waals surface area contributed by atoms with Gasteiger partial charge in [0.05, 0.1) is 30.0 Å². The number of nitrogens with one attached hydrogen (secondary N) is 2. The van der Waals surface area contributed by atoms with Crippen LogP contribution in [0.15, 0.2) is 54.7 Å². The van der Waals surface area contributed by atoms with Gasteiger partial charge in [0.2, 0.25) is 0 Å². The summed E-state index contributed by atoms with van der Waals surface area (Å²) in [7, 11) is 0. The number of benzene rings is 1. The number of carbonyl (C=O) groups excluding carboxylic acids is 1. The zero-order valence-corrected chi connectivity index (χ0v) is 17.8. The van der Waals surface area contributed by atoms with Gasteiger partial charge in [-0.25, -0.2) is 9.97 Å².